The summed E-state index contributed by atoms with van der Waals surface area (Å²) >= 11 is 0. The number of amides is 2. The van der Waals surface area contributed by atoms with E-state index >= 15 is 0 Å². The lowest BCUT2D eigenvalue weighted by molar-refractivity contribution is -0.117. The first-order chi connectivity index (χ1) is 16.8. The third-order valence-electron chi connectivity index (χ3n) is 5.95. The number of carbonyl (C=O) groups is 2. The van der Waals surface area contributed by atoms with Crippen LogP contribution in [0, 0.1) is 0 Å². The monoisotopic (exact) mass is 493 g/mol. The van der Waals surface area contributed by atoms with Gasteiger partial charge in [-0.25, -0.2) is 8.42 Å². The van der Waals surface area contributed by atoms with Crippen LogP contribution in [-0.2, 0) is 14.8 Å². The highest BCUT2D eigenvalue weighted by Crippen LogP contribution is 2.27. The fourth-order valence-electron chi connectivity index (χ4n) is 4.15. The summed E-state index contributed by atoms with van der Waals surface area (Å²) in [6, 6.07) is 18.4. The van der Waals surface area contributed by atoms with Gasteiger partial charge in [-0.15, -0.1) is 0 Å². The summed E-state index contributed by atoms with van der Waals surface area (Å²) in [6.45, 7) is 5.57. The molecule has 2 atom stereocenters. The highest BCUT2D eigenvalue weighted by Gasteiger charge is 2.34. The zero-order valence-electron chi connectivity index (χ0n) is 19.3. The van der Waals surface area contributed by atoms with Crippen LogP contribution in [0.5, 0.6) is 0 Å². The maximum atomic E-state index is 13.2. The summed E-state index contributed by atoms with van der Waals surface area (Å²) in [4.78, 5) is 24.3. The van der Waals surface area contributed by atoms with Gasteiger partial charge in [0.25, 0.3) is 5.91 Å². The maximum absolute atomic E-state index is 13.2. The van der Waals surface area contributed by atoms with Gasteiger partial charge in [0.2, 0.25) is 15.9 Å². The second-order valence-electron chi connectivity index (χ2n) is 8.41. The van der Waals surface area contributed by atoms with Crippen molar-refractivity contribution in [2.24, 2.45) is 0 Å². The number of hydrogen-bond acceptors (Lipinski definition) is 5. The Bertz CT molecular complexity index is 1320. The number of sulfonamides is 1. The van der Waals surface area contributed by atoms with E-state index in [0.717, 1.165) is 5.56 Å². The molecule has 2 unspecified atom stereocenters. The van der Waals surface area contributed by atoms with Gasteiger partial charge in [0.1, 0.15) is 5.76 Å². The largest absolute Gasteiger partial charge is 0.451 e. The van der Waals surface area contributed by atoms with Crippen molar-refractivity contribution in [2.45, 2.75) is 36.7 Å². The molecule has 182 valence electrons. The van der Waals surface area contributed by atoms with E-state index in [0.29, 0.717) is 30.8 Å². The van der Waals surface area contributed by atoms with Crippen LogP contribution in [0.25, 0.3) is 11.3 Å². The van der Waals surface area contributed by atoms with Crippen LogP contribution in [-0.4, -0.2) is 43.2 Å². The van der Waals surface area contributed by atoms with Crippen molar-refractivity contribution in [1.29, 1.82) is 0 Å². The summed E-state index contributed by atoms with van der Waals surface area (Å²) < 4.78 is 33.5. The van der Waals surface area contributed by atoms with Crippen LogP contribution >= 0.6 is 0 Å². The summed E-state index contributed by atoms with van der Waals surface area (Å²) in [6.07, 6.45) is 2.24. The molecule has 1 fully saturated rings. The molecule has 2 N–H and O–H groups in total. The fourth-order valence-corrected chi connectivity index (χ4v) is 5.81. The van der Waals surface area contributed by atoms with E-state index in [-0.39, 0.29) is 28.6 Å². The molecule has 1 aliphatic rings. The molecule has 0 bridgehead atoms. The van der Waals surface area contributed by atoms with Crippen molar-refractivity contribution in [2.75, 3.05) is 11.9 Å². The highest BCUT2D eigenvalue weighted by molar-refractivity contribution is 7.89. The third kappa shape index (κ3) is 5.52. The Morgan fingerprint density at radius 3 is 2.43 bits per heavy atom. The molecule has 1 saturated heterocycles. The zero-order chi connectivity index (χ0) is 25.0. The SMILES string of the molecule is C=CC(=O)NC1CCN(S(=O)(=O)c2ccc(NC(=O)c3ccc(-c4ccccc4)o3)cc2)C(C)C1. The van der Waals surface area contributed by atoms with Gasteiger partial charge in [-0.1, -0.05) is 36.9 Å². The molecule has 0 spiro atoms. The molecular formula is C26H27N3O5S. The van der Waals surface area contributed by atoms with E-state index in [9.17, 15) is 18.0 Å². The molecule has 0 saturated carbocycles. The number of furan rings is 1. The average Bonchev–Trinajstić information content (AvgIpc) is 3.35. The van der Waals surface area contributed by atoms with Crippen molar-refractivity contribution < 1.29 is 22.4 Å². The van der Waals surface area contributed by atoms with Crippen LogP contribution < -0.4 is 10.6 Å². The second kappa shape index (κ2) is 10.3. The van der Waals surface area contributed by atoms with E-state index in [1.54, 1.807) is 24.3 Å². The lowest BCUT2D eigenvalue weighted by Gasteiger charge is -2.36. The minimum Gasteiger partial charge on any atom is -0.451 e. The smallest absolute Gasteiger partial charge is 0.291 e. The molecule has 0 aliphatic carbocycles. The second-order valence-corrected chi connectivity index (χ2v) is 10.3. The van der Waals surface area contributed by atoms with Crippen LogP contribution in [0.15, 0.2) is 88.7 Å². The molecule has 0 radical (unpaired) electrons. The summed E-state index contributed by atoms with van der Waals surface area (Å²) in [5.41, 5.74) is 1.31. The Hall–Kier alpha value is -3.69. The van der Waals surface area contributed by atoms with E-state index in [1.165, 1.54) is 22.5 Å². The highest BCUT2D eigenvalue weighted by atomic mass is 32.2. The summed E-state index contributed by atoms with van der Waals surface area (Å²) in [5, 5.41) is 5.56. The number of nitrogens with zero attached hydrogens (tertiary/aromatic N) is 1. The van der Waals surface area contributed by atoms with E-state index in [2.05, 4.69) is 17.2 Å². The number of piperidine rings is 1. The van der Waals surface area contributed by atoms with Gasteiger partial charge in [0.05, 0.1) is 4.90 Å². The quantitative estimate of drug-likeness (QED) is 0.483. The van der Waals surface area contributed by atoms with Crippen molar-refractivity contribution in [3.8, 4) is 11.3 Å². The van der Waals surface area contributed by atoms with Crippen molar-refractivity contribution >= 4 is 27.5 Å². The number of benzene rings is 2. The number of carbonyl (C=O) groups excluding carboxylic acids is 2. The lowest BCUT2D eigenvalue weighted by Crippen LogP contribution is -2.50. The van der Waals surface area contributed by atoms with Crippen molar-refractivity contribution in [1.82, 2.24) is 9.62 Å². The van der Waals surface area contributed by atoms with Gasteiger partial charge in [-0.05, 0) is 62.2 Å². The average molecular weight is 494 g/mol. The normalized spacial score (nSPS) is 18.5. The van der Waals surface area contributed by atoms with Gasteiger partial charge in [0, 0.05) is 29.9 Å². The summed E-state index contributed by atoms with van der Waals surface area (Å²) in [5.74, 6) is 0.0435. The van der Waals surface area contributed by atoms with E-state index in [4.69, 9.17) is 4.42 Å². The van der Waals surface area contributed by atoms with Crippen LogP contribution in [0.4, 0.5) is 5.69 Å². The van der Waals surface area contributed by atoms with Crippen LogP contribution in [0.3, 0.4) is 0 Å². The Morgan fingerprint density at radius 2 is 1.77 bits per heavy atom. The topological polar surface area (TPSA) is 109 Å². The van der Waals surface area contributed by atoms with E-state index in [1.807, 2.05) is 37.3 Å². The predicted molar refractivity (Wildman–Crippen MR) is 133 cm³/mol. The first kappa shape index (κ1) is 24.4. The molecule has 9 heteroatoms. The molecular weight excluding hydrogens is 466 g/mol. The van der Waals surface area contributed by atoms with Crippen LogP contribution in [0.2, 0.25) is 0 Å². The molecule has 2 aromatic carbocycles. The minimum absolute atomic E-state index is 0.0939. The Morgan fingerprint density at radius 1 is 1.06 bits per heavy atom. The van der Waals surface area contributed by atoms with Gasteiger partial charge in [-0.3, -0.25) is 9.59 Å². The van der Waals surface area contributed by atoms with Gasteiger partial charge < -0.3 is 15.1 Å². The Labute approximate surface area is 204 Å². The first-order valence-electron chi connectivity index (χ1n) is 11.3. The van der Waals surface area contributed by atoms with Gasteiger partial charge >= 0.3 is 0 Å². The first-order valence-corrected chi connectivity index (χ1v) is 12.7. The number of nitrogens with one attached hydrogen (secondary N) is 2. The standard InChI is InChI=1S/C26H27N3O5S/c1-3-25(30)27-21-15-16-29(18(2)17-21)35(32,33)22-11-9-20(10-12-22)28-26(31)24-14-13-23(34-24)19-7-5-4-6-8-19/h3-14,18,21H,1,15-17H2,2H3,(H,27,30)(H,28,31). The lowest BCUT2D eigenvalue weighted by atomic mass is 10.0. The molecule has 1 aliphatic heterocycles. The Balaban J connectivity index is 1.40. The summed E-state index contributed by atoms with van der Waals surface area (Å²) in [7, 11) is -3.72. The van der Waals surface area contributed by atoms with Gasteiger partial charge in [-0.2, -0.15) is 4.31 Å². The molecule has 2 amide bonds. The number of rotatable bonds is 7. The van der Waals surface area contributed by atoms with Crippen molar-refractivity contribution in [3.05, 3.63) is 85.1 Å². The molecule has 2 heterocycles. The number of hydrogen-bond donors (Lipinski definition) is 2. The van der Waals surface area contributed by atoms with Crippen LogP contribution in [0.1, 0.15) is 30.3 Å². The molecule has 3 aromatic rings. The van der Waals surface area contributed by atoms with Gasteiger partial charge in [0.15, 0.2) is 5.76 Å². The molecule has 1 aromatic heterocycles. The molecule has 35 heavy (non-hydrogen) atoms. The number of anilines is 1. The van der Waals surface area contributed by atoms with E-state index < -0.39 is 15.9 Å². The fraction of sp³-hybridized carbons (Fsp3) is 0.231. The maximum Gasteiger partial charge on any atom is 0.291 e. The molecule has 8 nitrogen and oxygen atoms in total. The minimum atomic E-state index is -3.72. The Kier molecular flexibility index (Phi) is 7.18. The third-order valence-corrected chi connectivity index (χ3v) is 7.98. The zero-order valence-corrected chi connectivity index (χ0v) is 20.1. The van der Waals surface area contributed by atoms with Crippen molar-refractivity contribution in [3.63, 3.8) is 0 Å². The predicted octanol–water partition coefficient (Wildman–Crippen LogP) is 4.04. The molecule has 4 rings (SSSR count).